The molecule has 1 unspecified atom stereocenters. The molecule has 1 aromatic carbocycles. The van der Waals surface area contributed by atoms with E-state index < -0.39 is 18.3 Å². The second kappa shape index (κ2) is 7.11. The molecule has 0 saturated heterocycles. The van der Waals surface area contributed by atoms with Crippen LogP contribution in [0.3, 0.4) is 0 Å². The van der Waals surface area contributed by atoms with Crippen molar-refractivity contribution < 1.29 is 18.7 Å². The summed E-state index contributed by atoms with van der Waals surface area (Å²) in [5, 5.41) is 9.13. The zero-order valence-electron chi connectivity index (χ0n) is 12.2. The molecule has 116 valence electrons. The highest BCUT2D eigenvalue weighted by Crippen LogP contribution is 2.26. The Balaban J connectivity index is 2.28. The van der Waals surface area contributed by atoms with Crippen molar-refractivity contribution in [2.45, 2.75) is 26.2 Å². The first kappa shape index (κ1) is 16.1. The largest absolute Gasteiger partial charge is 0.481 e. The molecule has 5 heteroatoms. The fourth-order valence-electron chi connectivity index (χ4n) is 2.30. The van der Waals surface area contributed by atoms with Gasteiger partial charge in [0.25, 0.3) is 6.43 Å². The monoisotopic (exact) mass is 305 g/mol. The van der Waals surface area contributed by atoms with Gasteiger partial charge < -0.3 is 5.11 Å². The third-order valence-corrected chi connectivity index (χ3v) is 3.60. The zero-order valence-corrected chi connectivity index (χ0v) is 12.2. The number of carboxylic acid groups (broad SMARTS) is 1. The minimum absolute atomic E-state index is 0.125. The number of alkyl halides is 2. The van der Waals surface area contributed by atoms with E-state index >= 15 is 0 Å². The molecule has 2 rings (SSSR count). The van der Waals surface area contributed by atoms with Gasteiger partial charge in [0.1, 0.15) is 0 Å². The minimum Gasteiger partial charge on any atom is -0.481 e. The number of carboxylic acids is 1. The molecule has 0 amide bonds. The molecule has 0 spiro atoms. The number of aromatic nitrogens is 1. The lowest BCUT2D eigenvalue weighted by molar-refractivity contribution is -0.141. The van der Waals surface area contributed by atoms with Gasteiger partial charge in [0.2, 0.25) is 0 Å². The summed E-state index contributed by atoms with van der Waals surface area (Å²) in [7, 11) is 0. The van der Waals surface area contributed by atoms with Gasteiger partial charge in [0.15, 0.2) is 0 Å². The molecule has 0 aliphatic heterocycles. The van der Waals surface area contributed by atoms with Crippen LogP contribution in [-0.4, -0.2) is 16.1 Å². The summed E-state index contributed by atoms with van der Waals surface area (Å²) in [5.41, 5.74) is 2.10. The van der Waals surface area contributed by atoms with Gasteiger partial charge in [-0.3, -0.25) is 9.78 Å². The first-order valence-corrected chi connectivity index (χ1v) is 7.06. The Hall–Kier alpha value is -2.30. The smallest absolute Gasteiger partial charge is 0.306 e. The van der Waals surface area contributed by atoms with E-state index in [9.17, 15) is 13.6 Å². The second-order valence-electron chi connectivity index (χ2n) is 5.16. The zero-order chi connectivity index (χ0) is 16.1. The molecule has 0 saturated carbocycles. The number of carbonyl (C=O) groups is 1. The summed E-state index contributed by atoms with van der Waals surface area (Å²) >= 11 is 0. The van der Waals surface area contributed by atoms with Gasteiger partial charge in [-0.05, 0) is 30.0 Å². The lowest BCUT2D eigenvalue weighted by Crippen LogP contribution is -2.15. The van der Waals surface area contributed by atoms with E-state index in [0.717, 1.165) is 17.3 Å². The van der Waals surface area contributed by atoms with Gasteiger partial charge in [0.05, 0.1) is 5.92 Å². The van der Waals surface area contributed by atoms with Crippen molar-refractivity contribution in [3.05, 3.63) is 53.9 Å². The molecule has 1 N–H and O–H groups in total. The summed E-state index contributed by atoms with van der Waals surface area (Å²) in [5.74, 6) is -1.27. The van der Waals surface area contributed by atoms with E-state index in [-0.39, 0.29) is 5.56 Å². The fourth-order valence-corrected chi connectivity index (χ4v) is 2.30. The molecular formula is C17H17F2NO2. The third-order valence-electron chi connectivity index (χ3n) is 3.60. The highest BCUT2D eigenvalue weighted by Gasteiger charge is 2.16. The van der Waals surface area contributed by atoms with E-state index in [0.29, 0.717) is 18.4 Å². The molecule has 0 radical (unpaired) electrons. The van der Waals surface area contributed by atoms with Gasteiger partial charge in [-0.25, -0.2) is 8.78 Å². The highest BCUT2D eigenvalue weighted by atomic mass is 19.3. The van der Waals surface area contributed by atoms with Crippen LogP contribution in [-0.2, 0) is 11.2 Å². The average Bonchev–Trinajstić information content (AvgIpc) is 2.52. The number of benzene rings is 1. The van der Waals surface area contributed by atoms with Crippen LogP contribution in [0.15, 0.2) is 42.7 Å². The maximum Gasteiger partial charge on any atom is 0.306 e. The highest BCUT2D eigenvalue weighted by molar-refractivity contribution is 5.70. The van der Waals surface area contributed by atoms with E-state index in [4.69, 9.17) is 5.11 Å². The third kappa shape index (κ3) is 3.87. The van der Waals surface area contributed by atoms with Crippen molar-refractivity contribution in [2.24, 2.45) is 5.92 Å². The van der Waals surface area contributed by atoms with Crippen LogP contribution in [0.4, 0.5) is 8.78 Å². The molecule has 1 heterocycles. The Morgan fingerprint density at radius 3 is 2.64 bits per heavy atom. The number of halogens is 2. The second-order valence-corrected chi connectivity index (χ2v) is 5.16. The van der Waals surface area contributed by atoms with Crippen molar-refractivity contribution >= 4 is 5.97 Å². The van der Waals surface area contributed by atoms with Crippen molar-refractivity contribution in [1.29, 1.82) is 0 Å². The number of pyridine rings is 1. The van der Waals surface area contributed by atoms with E-state index in [1.807, 2.05) is 19.1 Å². The number of hydrogen-bond acceptors (Lipinski definition) is 2. The number of nitrogens with zero attached hydrogens (tertiary/aromatic N) is 1. The van der Waals surface area contributed by atoms with E-state index in [1.165, 1.54) is 12.3 Å². The van der Waals surface area contributed by atoms with Crippen molar-refractivity contribution in [3.63, 3.8) is 0 Å². The summed E-state index contributed by atoms with van der Waals surface area (Å²) in [4.78, 5) is 15.0. The van der Waals surface area contributed by atoms with Gasteiger partial charge >= 0.3 is 5.97 Å². The lowest BCUT2D eigenvalue weighted by atomic mass is 9.94. The van der Waals surface area contributed by atoms with Gasteiger partial charge in [-0.1, -0.05) is 31.2 Å². The van der Waals surface area contributed by atoms with Crippen LogP contribution in [0.25, 0.3) is 11.1 Å². The number of aliphatic carboxylic acids is 1. The van der Waals surface area contributed by atoms with Gasteiger partial charge in [-0.15, -0.1) is 0 Å². The minimum atomic E-state index is -2.56. The summed E-state index contributed by atoms with van der Waals surface area (Å²) in [6, 6.07) is 8.69. The quantitative estimate of drug-likeness (QED) is 0.863. The van der Waals surface area contributed by atoms with Gasteiger partial charge in [-0.2, -0.15) is 0 Å². The number of rotatable bonds is 6. The molecule has 0 aliphatic carbocycles. The maximum atomic E-state index is 12.7. The molecule has 0 fully saturated rings. The summed E-state index contributed by atoms with van der Waals surface area (Å²) in [6.07, 6.45) is 1.07. The van der Waals surface area contributed by atoms with Crippen molar-refractivity contribution in [1.82, 2.24) is 4.98 Å². The topological polar surface area (TPSA) is 50.2 Å². The standard InChI is InChI=1S/C17H17F2NO2/c1-2-12(17(21)22)6-11-4-3-5-13(7-11)14-8-15(16(18)19)10-20-9-14/h3-5,7-10,12,16H,2,6H2,1H3,(H,21,22). The first-order chi connectivity index (χ1) is 10.5. The Morgan fingerprint density at radius 2 is 2.00 bits per heavy atom. The Kier molecular flexibility index (Phi) is 5.20. The van der Waals surface area contributed by atoms with Crippen molar-refractivity contribution in [2.75, 3.05) is 0 Å². The molecule has 2 aromatic rings. The summed E-state index contributed by atoms with van der Waals surface area (Å²) < 4.78 is 25.5. The molecule has 0 aliphatic rings. The maximum absolute atomic E-state index is 12.7. The molecule has 1 atom stereocenters. The lowest BCUT2D eigenvalue weighted by Gasteiger charge is -2.11. The predicted octanol–water partition coefficient (Wildman–Crippen LogP) is 4.34. The molecular weight excluding hydrogens is 288 g/mol. The predicted molar refractivity (Wildman–Crippen MR) is 79.8 cm³/mol. The Bertz CT molecular complexity index is 659. The Labute approximate surface area is 127 Å². The fraction of sp³-hybridized carbons (Fsp3) is 0.294. The van der Waals surface area contributed by atoms with Gasteiger partial charge in [0, 0.05) is 23.5 Å². The number of hydrogen-bond donors (Lipinski definition) is 1. The van der Waals surface area contributed by atoms with E-state index in [1.54, 1.807) is 12.1 Å². The van der Waals surface area contributed by atoms with E-state index in [2.05, 4.69) is 4.98 Å². The Morgan fingerprint density at radius 1 is 1.23 bits per heavy atom. The molecule has 0 bridgehead atoms. The SMILES string of the molecule is CCC(Cc1cccc(-c2cncc(C(F)F)c2)c1)C(=O)O. The summed E-state index contributed by atoms with van der Waals surface area (Å²) in [6.45, 7) is 1.83. The molecule has 22 heavy (non-hydrogen) atoms. The van der Waals surface area contributed by atoms with Crippen LogP contribution >= 0.6 is 0 Å². The molecule has 1 aromatic heterocycles. The van der Waals surface area contributed by atoms with Crippen LogP contribution < -0.4 is 0 Å². The normalized spacial score (nSPS) is 12.4. The molecule has 3 nitrogen and oxygen atoms in total. The van der Waals surface area contributed by atoms with Crippen LogP contribution in [0.1, 0.15) is 30.9 Å². The first-order valence-electron chi connectivity index (χ1n) is 7.06. The van der Waals surface area contributed by atoms with Crippen molar-refractivity contribution in [3.8, 4) is 11.1 Å². The van der Waals surface area contributed by atoms with Crippen LogP contribution in [0, 0.1) is 5.92 Å². The average molecular weight is 305 g/mol. The van der Waals surface area contributed by atoms with Crippen LogP contribution in [0.2, 0.25) is 0 Å². The van der Waals surface area contributed by atoms with Crippen LogP contribution in [0.5, 0.6) is 0 Å².